The molecule has 0 saturated carbocycles. The van der Waals surface area contributed by atoms with Crippen LogP contribution in [0.25, 0.3) is 22.2 Å². The minimum atomic E-state index is -1.32. The fraction of sp³-hybridized carbons (Fsp3) is 0.125. The van der Waals surface area contributed by atoms with Crippen molar-refractivity contribution in [1.29, 1.82) is 0 Å². The standard InChI is InChI=1S/C16H9ClFNO4.K/c17-12-14-7(6-11(22-14)16(20)21)5-9-13(19-23-15(9)12)8-3-1-2-4-10(8)18;/h1-5,11H,6H2,(H,20,21);/q;+1/p-1. The molecule has 116 valence electrons. The quantitative estimate of drug-likeness (QED) is 0.559. The first kappa shape index (κ1) is 17.8. The maximum Gasteiger partial charge on any atom is 1.00 e. The molecule has 0 saturated heterocycles. The largest absolute Gasteiger partial charge is 1.00 e. The average molecular weight is 372 g/mol. The summed E-state index contributed by atoms with van der Waals surface area (Å²) < 4.78 is 24.5. The molecule has 1 unspecified atom stereocenters. The van der Waals surface area contributed by atoms with E-state index in [9.17, 15) is 14.3 Å². The molecule has 0 bridgehead atoms. The molecule has 2 aromatic carbocycles. The van der Waals surface area contributed by atoms with Crippen molar-refractivity contribution in [1.82, 2.24) is 5.16 Å². The van der Waals surface area contributed by atoms with Gasteiger partial charge in [-0.1, -0.05) is 28.9 Å². The molecule has 0 fully saturated rings. The summed E-state index contributed by atoms with van der Waals surface area (Å²) in [6.45, 7) is 0. The van der Waals surface area contributed by atoms with Gasteiger partial charge in [0.1, 0.15) is 28.4 Å². The molecule has 1 aromatic heterocycles. The number of nitrogens with zero attached hydrogens (tertiary/aromatic N) is 1. The van der Waals surface area contributed by atoms with Crippen LogP contribution in [0.5, 0.6) is 5.75 Å². The van der Waals surface area contributed by atoms with Gasteiger partial charge in [0.15, 0.2) is 5.58 Å². The number of carboxylic acid groups (broad SMARTS) is 1. The summed E-state index contributed by atoms with van der Waals surface area (Å²) in [6, 6.07) is 7.82. The Morgan fingerprint density at radius 3 is 2.83 bits per heavy atom. The van der Waals surface area contributed by atoms with Crippen molar-refractivity contribution < 1.29 is 74.9 Å². The molecule has 2 heterocycles. The van der Waals surface area contributed by atoms with E-state index in [0.717, 1.165) is 0 Å². The number of hydrogen-bond acceptors (Lipinski definition) is 5. The van der Waals surface area contributed by atoms with Crippen LogP contribution < -0.4 is 61.2 Å². The molecular weight excluding hydrogens is 364 g/mol. The van der Waals surface area contributed by atoms with Gasteiger partial charge in [-0.3, -0.25) is 0 Å². The zero-order valence-electron chi connectivity index (χ0n) is 12.5. The molecule has 0 amide bonds. The van der Waals surface area contributed by atoms with E-state index in [0.29, 0.717) is 16.6 Å². The van der Waals surface area contributed by atoms with E-state index in [1.54, 1.807) is 24.3 Å². The third-order valence-electron chi connectivity index (χ3n) is 3.79. The third kappa shape index (κ3) is 2.79. The summed E-state index contributed by atoms with van der Waals surface area (Å²) in [7, 11) is 0. The van der Waals surface area contributed by atoms with Crippen LogP contribution in [0, 0.1) is 5.82 Å². The summed E-state index contributed by atoms with van der Waals surface area (Å²) in [5.41, 5.74) is 1.40. The zero-order chi connectivity index (χ0) is 16.1. The Hall–Kier alpha value is -0.964. The second-order valence-electron chi connectivity index (χ2n) is 5.20. The van der Waals surface area contributed by atoms with Crippen LogP contribution in [0.4, 0.5) is 4.39 Å². The Morgan fingerprint density at radius 2 is 2.12 bits per heavy atom. The van der Waals surface area contributed by atoms with Gasteiger partial charge < -0.3 is 19.2 Å². The summed E-state index contributed by atoms with van der Waals surface area (Å²) in [4.78, 5) is 11.0. The van der Waals surface area contributed by atoms with Gasteiger partial charge >= 0.3 is 51.4 Å². The number of benzene rings is 2. The van der Waals surface area contributed by atoms with Gasteiger partial charge in [-0.05, 0) is 18.2 Å². The molecule has 1 aliphatic rings. The number of fused-ring (bicyclic) bond motifs is 2. The number of hydrogen-bond donors (Lipinski definition) is 0. The van der Waals surface area contributed by atoms with E-state index in [1.807, 2.05) is 0 Å². The Kier molecular flexibility index (Phi) is 5.01. The van der Waals surface area contributed by atoms with Gasteiger partial charge in [0, 0.05) is 17.5 Å². The predicted octanol–water partition coefficient (Wildman–Crippen LogP) is -0.655. The van der Waals surface area contributed by atoms with Gasteiger partial charge in [0.2, 0.25) is 0 Å². The fourth-order valence-corrected chi connectivity index (χ4v) is 3.02. The van der Waals surface area contributed by atoms with Crippen LogP contribution in [0.2, 0.25) is 5.02 Å². The first-order valence-electron chi connectivity index (χ1n) is 6.79. The smallest absolute Gasteiger partial charge is 0.546 e. The molecule has 24 heavy (non-hydrogen) atoms. The zero-order valence-corrected chi connectivity index (χ0v) is 16.4. The molecular formula is C16H8ClFKNO4. The molecule has 0 spiro atoms. The van der Waals surface area contributed by atoms with Crippen molar-refractivity contribution in [3.8, 4) is 17.0 Å². The van der Waals surface area contributed by atoms with Crippen LogP contribution in [-0.2, 0) is 11.2 Å². The first-order valence-corrected chi connectivity index (χ1v) is 7.17. The normalized spacial score (nSPS) is 15.7. The van der Waals surface area contributed by atoms with Gasteiger partial charge in [-0.25, -0.2) is 4.39 Å². The summed E-state index contributed by atoms with van der Waals surface area (Å²) in [5.74, 6) is -1.52. The molecule has 0 aliphatic carbocycles. The van der Waals surface area contributed by atoms with Gasteiger partial charge in [-0.2, -0.15) is 0 Å². The number of rotatable bonds is 2. The average Bonchev–Trinajstić information content (AvgIpc) is 3.13. The predicted molar refractivity (Wildman–Crippen MR) is 77.5 cm³/mol. The van der Waals surface area contributed by atoms with Crippen LogP contribution in [-0.4, -0.2) is 17.2 Å². The SMILES string of the molecule is O=C([O-])C1Cc2cc3c(-c4ccccc4F)noc3c(Cl)c2O1.[K+]. The minimum absolute atomic E-state index is 0. The monoisotopic (exact) mass is 371 g/mol. The van der Waals surface area contributed by atoms with Crippen LogP contribution in [0.1, 0.15) is 5.56 Å². The molecule has 1 aliphatic heterocycles. The summed E-state index contributed by atoms with van der Waals surface area (Å²) >= 11 is 6.23. The second-order valence-corrected chi connectivity index (χ2v) is 5.57. The number of aliphatic carboxylic acids is 1. The summed E-state index contributed by atoms with van der Waals surface area (Å²) in [6.07, 6.45) is -0.978. The Balaban J connectivity index is 0.00000169. The number of carboxylic acids is 1. The van der Waals surface area contributed by atoms with Gasteiger partial charge in [0.25, 0.3) is 0 Å². The molecule has 4 rings (SSSR count). The first-order chi connectivity index (χ1) is 11.1. The third-order valence-corrected chi connectivity index (χ3v) is 4.14. The van der Waals surface area contributed by atoms with Crippen molar-refractivity contribution in [3.63, 3.8) is 0 Å². The van der Waals surface area contributed by atoms with Crippen molar-refractivity contribution in [2.45, 2.75) is 12.5 Å². The van der Waals surface area contributed by atoms with Crippen molar-refractivity contribution in [2.75, 3.05) is 0 Å². The van der Waals surface area contributed by atoms with Crippen LogP contribution >= 0.6 is 11.6 Å². The van der Waals surface area contributed by atoms with Crippen molar-refractivity contribution in [2.24, 2.45) is 0 Å². The van der Waals surface area contributed by atoms with Crippen molar-refractivity contribution >= 4 is 28.5 Å². The molecule has 0 radical (unpaired) electrons. The van der Waals surface area contributed by atoms with Crippen molar-refractivity contribution in [3.05, 3.63) is 46.7 Å². The Morgan fingerprint density at radius 1 is 1.38 bits per heavy atom. The van der Waals surface area contributed by atoms with E-state index < -0.39 is 17.9 Å². The van der Waals surface area contributed by atoms with E-state index >= 15 is 0 Å². The number of ether oxygens (including phenoxy) is 1. The van der Waals surface area contributed by atoms with Gasteiger partial charge in [-0.15, -0.1) is 0 Å². The Bertz CT molecular complexity index is 959. The minimum Gasteiger partial charge on any atom is -0.546 e. The number of carbonyl (C=O) groups excluding carboxylic acids is 1. The molecule has 1 atom stereocenters. The number of aromatic nitrogens is 1. The van der Waals surface area contributed by atoms with E-state index in [1.165, 1.54) is 6.07 Å². The molecule has 5 nitrogen and oxygen atoms in total. The number of carbonyl (C=O) groups is 1. The van der Waals surface area contributed by atoms with Gasteiger partial charge in [0.05, 0.1) is 11.4 Å². The molecule has 3 aromatic rings. The fourth-order valence-electron chi connectivity index (χ4n) is 2.71. The second kappa shape index (κ2) is 6.74. The maximum absolute atomic E-state index is 14.0. The molecule has 0 N–H and O–H groups in total. The van der Waals surface area contributed by atoms with Crippen LogP contribution in [0.3, 0.4) is 0 Å². The summed E-state index contributed by atoms with van der Waals surface area (Å²) in [5, 5.41) is 15.5. The maximum atomic E-state index is 14.0. The topological polar surface area (TPSA) is 75.4 Å². The molecule has 8 heteroatoms. The van der Waals surface area contributed by atoms with E-state index in [2.05, 4.69) is 5.16 Å². The van der Waals surface area contributed by atoms with Crippen LogP contribution in [0.15, 0.2) is 34.9 Å². The van der Waals surface area contributed by atoms with E-state index in [-0.39, 0.29) is 79.7 Å². The number of halogens is 2. The van der Waals surface area contributed by atoms with E-state index in [4.69, 9.17) is 20.9 Å². The Labute approximate surface area is 183 Å².